The normalized spacial score (nSPS) is 16.6. The molecule has 1 heterocycles. The van der Waals surface area contributed by atoms with E-state index in [2.05, 4.69) is 4.98 Å². The van der Waals surface area contributed by atoms with E-state index in [0.29, 0.717) is 5.01 Å². The van der Waals surface area contributed by atoms with Gasteiger partial charge in [0.2, 0.25) is 11.7 Å². The Morgan fingerprint density at radius 1 is 1.65 bits per heavy atom. The number of aromatic nitrogens is 1. The number of nitrogens with zero attached hydrogens (tertiary/aromatic N) is 2. The van der Waals surface area contributed by atoms with Crippen molar-refractivity contribution in [2.75, 3.05) is 6.54 Å². The molecular formula is C11H15N3O2S. The quantitative estimate of drug-likeness (QED) is 0.782. The van der Waals surface area contributed by atoms with Crippen molar-refractivity contribution in [3.8, 4) is 0 Å². The summed E-state index contributed by atoms with van der Waals surface area (Å²) in [7, 11) is 0. The fourth-order valence-corrected chi connectivity index (χ4v) is 2.19. The molecule has 6 heteroatoms. The Bertz CT molecular complexity index is 412. The third-order valence-electron chi connectivity index (χ3n) is 2.65. The Morgan fingerprint density at radius 2 is 2.35 bits per heavy atom. The van der Waals surface area contributed by atoms with Gasteiger partial charge in [-0.1, -0.05) is 0 Å². The van der Waals surface area contributed by atoms with Gasteiger partial charge in [-0.25, -0.2) is 4.98 Å². The van der Waals surface area contributed by atoms with Gasteiger partial charge in [-0.15, -0.1) is 11.3 Å². The monoisotopic (exact) mass is 253 g/mol. The molecule has 0 saturated heterocycles. The van der Waals surface area contributed by atoms with Crippen molar-refractivity contribution in [1.29, 1.82) is 0 Å². The number of rotatable bonds is 5. The van der Waals surface area contributed by atoms with Gasteiger partial charge in [0.05, 0.1) is 12.6 Å². The summed E-state index contributed by atoms with van der Waals surface area (Å²) in [5.41, 5.74) is 5.58. The molecule has 1 aliphatic carbocycles. The molecular weight excluding hydrogens is 238 g/mol. The zero-order valence-corrected chi connectivity index (χ0v) is 10.4. The average Bonchev–Trinajstić information content (AvgIpc) is 2.98. The lowest BCUT2D eigenvalue weighted by Gasteiger charge is -2.22. The van der Waals surface area contributed by atoms with Crippen LogP contribution in [0.4, 0.5) is 0 Å². The fourth-order valence-electron chi connectivity index (χ4n) is 1.62. The summed E-state index contributed by atoms with van der Waals surface area (Å²) in [5, 5.41) is 2.20. The second-order valence-corrected chi connectivity index (χ2v) is 5.14. The van der Waals surface area contributed by atoms with Crippen LogP contribution in [0.2, 0.25) is 0 Å². The van der Waals surface area contributed by atoms with E-state index in [1.807, 2.05) is 0 Å². The molecule has 1 unspecified atom stereocenters. The molecule has 1 atom stereocenters. The Kier molecular flexibility index (Phi) is 3.54. The van der Waals surface area contributed by atoms with Crippen molar-refractivity contribution in [1.82, 2.24) is 9.88 Å². The van der Waals surface area contributed by atoms with E-state index < -0.39 is 6.04 Å². The SMILES string of the molecule is CC(N)C(=O)N(CC(=O)c1nccs1)C1CC1. The van der Waals surface area contributed by atoms with E-state index >= 15 is 0 Å². The van der Waals surface area contributed by atoms with E-state index in [0.717, 1.165) is 12.8 Å². The first-order valence-electron chi connectivity index (χ1n) is 5.58. The van der Waals surface area contributed by atoms with Gasteiger partial charge < -0.3 is 10.6 Å². The molecule has 2 N–H and O–H groups in total. The lowest BCUT2D eigenvalue weighted by molar-refractivity contribution is -0.132. The molecule has 17 heavy (non-hydrogen) atoms. The number of amides is 1. The lowest BCUT2D eigenvalue weighted by atomic mass is 10.2. The molecule has 0 bridgehead atoms. The molecule has 1 saturated carbocycles. The van der Waals surface area contributed by atoms with Crippen LogP contribution in [0.15, 0.2) is 11.6 Å². The number of thiazole rings is 1. The van der Waals surface area contributed by atoms with Crippen LogP contribution >= 0.6 is 11.3 Å². The Morgan fingerprint density at radius 3 is 2.82 bits per heavy atom. The molecule has 2 rings (SSSR count). The summed E-state index contributed by atoms with van der Waals surface area (Å²) in [5.74, 6) is -0.265. The number of ketones is 1. The van der Waals surface area contributed by atoms with Crippen molar-refractivity contribution in [2.24, 2.45) is 5.73 Å². The molecule has 0 aromatic carbocycles. The molecule has 0 radical (unpaired) electrons. The molecule has 0 spiro atoms. The third-order valence-corrected chi connectivity index (χ3v) is 3.46. The maximum Gasteiger partial charge on any atom is 0.239 e. The first-order chi connectivity index (χ1) is 8.09. The number of carbonyl (C=O) groups is 2. The summed E-state index contributed by atoms with van der Waals surface area (Å²) < 4.78 is 0. The predicted molar refractivity (Wildman–Crippen MR) is 64.8 cm³/mol. The number of hydrogen-bond acceptors (Lipinski definition) is 5. The van der Waals surface area contributed by atoms with Crippen LogP contribution in [0.25, 0.3) is 0 Å². The highest BCUT2D eigenvalue weighted by Crippen LogP contribution is 2.27. The van der Waals surface area contributed by atoms with Crippen LogP contribution in [0.5, 0.6) is 0 Å². The van der Waals surface area contributed by atoms with Crippen molar-refractivity contribution in [3.63, 3.8) is 0 Å². The van der Waals surface area contributed by atoms with Gasteiger partial charge in [0, 0.05) is 17.6 Å². The minimum Gasteiger partial charge on any atom is -0.331 e. The van der Waals surface area contributed by atoms with Crippen molar-refractivity contribution < 1.29 is 9.59 Å². The molecule has 0 aliphatic heterocycles. The number of nitrogens with two attached hydrogens (primary N) is 1. The Labute approximate surface area is 104 Å². The summed E-state index contributed by atoms with van der Waals surface area (Å²) in [6.45, 7) is 1.74. The van der Waals surface area contributed by atoms with Gasteiger partial charge in [0.15, 0.2) is 5.01 Å². The Balaban J connectivity index is 2.03. The van der Waals surface area contributed by atoms with Gasteiger partial charge in [-0.2, -0.15) is 0 Å². The number of Topliss-reactive ketones (excluding diaryl/α,β-unsaturated/α-hetero) is 1. The maximum atomic E-state index is 11.9. The van der Waals surface area contributed by atoms with E-state index in [1.165, 1.54) is 11.3 Å². The largest absolute Gasteiger partial charge is 0.331 e. The van der Waals surface area contributed by atoms with Crippen LogP contribution in [0, 0.1) is 0 Å². The maximum absolute atomic E-state index is 11.9. The van der Waals surface area contributed by atoms with Gasteiger partial charge in [0.25, 0.3) is 0 Å². The van der Waals surface area contributed by atoms with Gasteiger partial charge in [-0.05, 0) is 19.8 Å². The van der Waals surface area contributed by atoms with Crippen molar-refractivity contribution in [2.45, 2.75) is 31.8 Å². The van der Waals surface area contributed by atoms with Crippen LogP contribution in [0.1, 0.15) is 29.6 Å². The third kappa shape index (κ3) is 2.89. The molecule has 1 aliphatic rings. The zero-order chi connectivity index (χ0) is 12.4. The summed E-state index contributed by atoms with van der Waals surface area (Å²) in [4.78, 5) is 29.3. The van der Waals surface area contributed by atoms with E-state index in [9.17, 15) is 9.59 Å². The topological polar surface area (TPSA) is 76.3 Å². The second kappa shape index (κ2) is 4.93. The summed E-state index contributed by atoms with van der Waals surface area (Å²) in [6, 6.07) is -0.364. The highest BCUT2D eigenvalue weighted by atomic mass is 32.1. The van der Waals surface area contributed by atoms with Crippen LogP contribution in [0.3, 0.4) is 0 Å². The fraction of sp³-hybridized carbons (Fsp3) is 0.545. The molecule has 1 aromatic heterocycles. The lowest BCUT2D eigenvalue weighted by Crippen LogP contribution is -2.45. The minimum absolute atomic E-state index is 0.0958. The standard InChI is InChI=1S/C11H15N3O2S/c1-7(12)11(16)14(8-2-3-8)6-9(15)10-13-4-5-17-10/h4-5,7-8H,2-3,6,12H2,1H3. The summed E-state index contributed by atoms with van der Waals surface area (Å²) >= 11 is 1.30. The zero-order valence-electron chi connectivity index (χ0n) is 9.63. The minimum atomic E-state index is -0.556. The van der Waals surface area contributed by atoms with Crippen molar-refractivity contribution in [3.05, 3.63) is 16.6 Å². The Hall–Kier alpha value is -1.27. The van der Waals surface area contributed by atoms with Gasteiger partial charge >= 0.3 is 0 Å². The van der Waals surface area contributed by atoms with Crippen LogP contribution in [-0.2, 0) is 4.79 Å². The van der Waals surface area contributed by atoms with E-state index in [1.54, 1.807) is 23.4 Å². The predicted octanol–water partition coefficient (Wildman–Crippen LogP) is 0.664. The molecule has 1 amide bonds. The smallest absolute Gasteiger partial charge is 0.239 e. The molecule has 92 valence electrons. The summed E-state index contributed by atoms with van der Waals surface area (Å²) in [6.07, 6.45) is 3.51. The van der Waals surface area contributed by atoms with Crippen LogP contribution < -0.4 is 5.73 Å². The second-order valence-electron chi connectivity index (χ2n) is 4.25. The van der Waals surface area contributed by atoms with Crippen molar-refractivity contribution >= 4 is 23.0 Å². The average molecular weight is 253 g/mol. The first-order valence-corrected chi connectivity index (χ1v) is 6.46. The first kappa shape index (κ1) is 12.2. The molecule has 1 fully saturated rings. The highest BCUT2D eigenvalue weighted by Gasteiger charge is 2.35. The van der Waals surface area contributed by atoms with E-state index in [4.69, 9.17) is 5.73 Å². The molecule has 5 nitrogen and oxygen atoms in total. The number of hydrogen-bond donors (Lipinski definition) is 1. The van der Waals surface area contributed by atoms with Crippen LogP contribution in [-0.4, -0.2) is 40.2 Å². The van der Waals surface area contributed by atoms with Gasteiger partial charge in [0.1, 0.15) is 0 Å². The van der Waals surface area contributed by atoms with Gasteiger partial charge in [-0.3, -0.25) is 9.59 Å². The number of carbonyl (C=O) groups excluding carboxylic acids is 2. The molecule has 1 aromatic rings. The van der Waals surface area contributed by atoms with E-state index in [-0.39, 0.29) is 24.3 Å². The highest BCUT2D eigenvalue weighted by molar-refractivity contribution is 7.11.